The highest BCUT2D eigenvalue weighted by Crippen LogP contribution is 2.69. The van der Waals surface area contributed by atoms with Crippen LogP contribution in [0.2, 0.25) is 0 Å². The topological polar surface area (TPSA) is 144 Å². The summed E-state index contributed by atoms with van der Waals surface area (Å²) in [5.74, 6) is 3.17. The van der Waals surface area contributed by atoms with Crippen LogP contribution in [-0.4, -0.2) is 63.1 Å². The predicted octanol–water partition coefficient (Wildman–Crippen LogP) is 6.20. The summed E-state index contributed by atoms with van der Waals surface area (Å²) in [7, 11) is 1.64. The fourth-order valence-corrected chi connectivity index (χ4v) is 12.4. The van der Waals surface area contributed by atoms with Crippen LogP contribution in [0.25, 0.3) is 0 Å². The van der Waals surface area contributed by atoms with Gasteiger partial charge in [-0.25, -0.2) is 0 Å². The molecule has 13 atom stereocenters. The van der Waals surface area contributed by atoms with E-state index < -0.39 is 11.8 Å². The number of ether oxygens (including phenoxy) is 1. The van der Waals surface area contributed by atoms with Crippen LogP contribution in [-0.2, 0) is 11.2 Å². The van der Waals surface area contributed by atoms with E-state index in [1.165, 1.54) is 24.0 Å². The van der Waals surface area contributed by atoms with Gasteiger partial charge in [-0.1, -0.05) is 31.2 Å². The number of epoxide rings is 1. The predicted molar refractivity (Wildman–Crippen MR) is 193 cm³/mol. The van der Waals surface area contributed by atoms with Crippen molar-refractivity contribution >= 4 is 5.96 Å². The largest absolute Gasteiger partial charge is 0.508 e. The maximum absolute atomic E-state index is 11.2. The molecule has 7 rings (SSSR count). The molecule has 1 aliphatic heterocycles. The number of nitrogens with two attached hydrogens (primary N) is 1. The summed E-state index contributed by atoms with van der Waals surface area (Å²) in [5, 5.41) is 45.7. The fraction of sp³-hybridized carbons (Fsp3) is 0.780. The number of aliphatic imine (C=N–C) groups is 1. The third-order valence-electron chi connectivity index (χ3n) is 15.0. The van der Waals surface area contributed by atoms with Gasteiger partial charge < -0.3 is 36.2 Å². The second-order valence-electron chi connectivity index (χ2n) is 18.3. The van der Waals surface area contributed by atoms with Crippen LogP contribution in [0.5, 0.6) is 5.75 Å². The van der Waals surface area contributed by atoms with Gasteiger partial charge in [-0.15, -0.1) is 0 Å². The second kappa shape index (κ2) is 13.1. The van der Waals surface area contributed by atoms with Crippen molar-refractivity contribution in [3.05, 3.63) is 42.0 Å². The molecule has 1 aromatic rings. The van der Waals surface area contributed by atoms with Gasteiger partial charge in [0.1, 0.15) is 12.0 Å². The molecule has 8 nitrogen and oxygen atoms in total. The molecule has 13 unspecified atom stereocenters. The summed E-state index contributed by atoms with van der Waals surface area (Å²) in [4.78, 5) is 4.03. The lowest BCUT2D eigenvalue weighted by Gasteiger charge is -2.59. The number of rotatable bonds is 8. The number of phenolic OH excluding ortho intramolecular Hbond substituents is 1. The van der Waals surface area contributed by atoms with E-state index >= 15 is 0 Å². The Morgan fingerprint density at radius 3 is 2.57 bits per heavy atom. The van der Waals surface area contributed by atoms with Gasteiger partial charge in [0.2, 0.25) is 0 Å². The molecule has 6 aliphatic rings. The van der Waals surface area contributed by atoms with E-state index in [1.54, 1.807) is 19.2 Å². The maximum atomic E-state index is 11.2. The molecule has 272 valence electrons. The minimum atomic E-state index is -0.732. The van der Waals surface area contributed by atoms with Gasteiger partial charge in [-0.3, -0.25) is 4.99 Å². The Hall–Kier alpha value is -2.13. The van der Waals surface area contributed by atoms with Crippen molar-refractivity contribution in [2.24, 2.45) is 57.1 Å². The highest BCUT2D eigenvalue weighted by Gasteiger charge is 2.67. The molecule has 1 heterocycles. The van der Waals surface area contributed by atoms with E-state index in [0.29, 0.717) is 41.8 Å². The molecule has 0 amide bonds. The van der Waals surface area contributed by atoms with Crippen molar-refractivity contribution < 1.29 is 25.2 Å². The highest BCUT2D eigenvalue weighted by atomic mass is 16.6. The molecule has 1 saturated heterocycles. The van der Waals surface area contributed by atoms with Gasteiger partial charge in [-0.2, -0.15) is 0 Å². The Labute approximate surface area is 294 Å². The summed E-state index contributed by atoms with van der Waals surface area (Å²) < 4.78 is 6.74. The zero-order valence-corrected chi connectivity index (χ0v) is 30.2. The van der Waals surface area contributed by atoms with Crippen molar-refractivity contribution in [3.8, 4) is 5.75 Å². The number of nitrogens with zero attached hydrogens (tertiary/aromatic N) is 1. The molecule has 0 radical (unpaired) electrons. The second-order valence-corrected chi connectivity index (χ2v) is 18.3. The lowest BCUT2D eigenvalue weighted by atomic mass is 9.45. The van der Waals surface area contributed by atoms with Crippen LogP contribution in [0.1, 0.15) is 116 Å². The molecule has 1 spiro atoms. The number of aromatic hydroxyl groups is 1. The molecular weight excluding hydrogens is 614 g/mol. The molecule has 0 aromatic heterocycles. The summed E-state index contributed by atoms with van der Waals surface area (Å²) in [6.45, 7) is 9.73. The first-order valence-electron chi connectivity index (χ1n) is 19.5. The Bertz CT molecular complexity index is 1400. The molecule has 8 heteroatoms. The standard InChI is InChI=1S/C41H63N3O5/c1-25-21-40(16-11-27(22-40)12-17-41(48)14-5-6-31(46)23-41)36-39(3,49-36)15-13-33-32(25)24-38(33,2)34-20-29(35(47)44-37(42)43-4)19-28(34)18-26-7-9-30(45)10-8-26/h7-10,27-29,31-36,45-48H,1,5-6,11-24H2,2-4H3,(H3,42,43,44). The number of aliphatic hydroxyl groups is 3. The van der Waals surface area contributed by atoms with Crippen molar-refractivity contribution in [2.45, 2.75) is 146 Å². The number of guanidine groups is 1. The number of hydrogen-bond donors (Lipinski definition) is 6. The summed E-state index contributed by atoms with van der Waals surface area (Å²) in [6.07, 6.45) is 14.9. The number of phenols is 1. The molecule has 5 aliphatic carbocycles. The Kier molecular flexibility index (Phi) is 9.45. The maximum Gasteiger partial charge on any atom is 0.190 e. The SMILES string of the molecule is C=C1CC2(CCC(CCC3(O)CCCC(O)C3)C2)C2OC2(C)CCC2C1CC2(C)C1CC(C(O)NC(N)=NC)CC1Cc1ccc(O)cc1. The smallest absolute Gasteiger partial charge is 0.190 e. The number of benzene rings is 1. The molecule has 7 N–H and O–H groups in total. The molecule has 49 heavy (non-hydrogen) atoms. The number of hydrogen-bond acceptors (Lipinski definition) is 6. The van der Waals surface area contributed by atoms with Crippen LogP contribution in [0.3, 0.4) is 0 Å². The van der Waals surface area contributed by atoms with Gasteiger partial charge in [0.25, 0.3) is 0 Å². The average molecular weight is 678 g/mol. The molecule has 1 aromatic carbocycles. The number of fused-ring (bicyclic) bond motifs is 3. The molecule has 0 bridgehead atoms. The first-order chi connectivity index (χ1) is 23.2. The van der Waals surface area contributed by atoms with Crippen molar-refractivity contribution in [2.75, 3.05) is 7.05 Å². The quantitative estimate of drug-likeness (QED) is 0.0632. The monoisotopic (exact) mass is 677 g/mol. The molecular formula is C41H63N3O5. The zero-order chi connectivity index (χ0) is 34.8. The fourth-order valence-electron chi connectivity index (χ4n) is 12.4. The van der Waals surface area contributed by atoms with E-state index in [9.17, 15) is 20.4 Å². The number of allylic oxidation sites excluding steroid dienone is 1. The summed E-state index contributed by atoms with van der Waals surface area (Å²) in [5.41, 5.74) is 8.15. The van der Waals surface area contributed by atoms with E-state index in [2.05, 4.69) is 24.2 Å². The van der Waals surface area contributed by atoms with Crippen molar-refractivity contribution in [1.29, 1.82) is 0 Å². The van der Waals surface area contributed by atoms with E-state index in [4.69, 9.17) is 17.0 Å². The van der Waals surface area contributed by atoms with Gasteiger partial charge in [0.15, 0.2) is 5.96 Å². The number of nitrogens with one attached hydrogen (secondary N) is 1. The van der Waals surface area contributed by atoms with Crippen LogP contribution in [0.15, 0.2) is 41.4 Å². The Morgan fingerprint density at radius 1 is 1.06 bits per heavy atom. The average Bonchev–Trinajstić information content (AvgIpc) is 3.35. The first-order valence-corrected chi connectivity index (χ1v) is 19.5. The van der Waals surface area contributed by atoms with Gasteiger partial charge >= 0.3 is 0 Å². The van der Waals surface area contributed by atoms with Gasteiger partial charge in [0, 0.05) is 24.8 Å². The minimum Gasteiger partial charge on any atom is -0.508 e. The van der Waals surface area contributed by atoms with E-state index in [-0.39, 0.29) is 40.5 Å². The number of aliphatic hydroxyl groups excluding tert-OH is 2. The normalized spacial score (nSPS) is 45.8. The first kappa shape index (κ1) is 35.3. The van der Waals surface area contributed by atoms with Crippen molar-refractivity contribution in [3.63, 3.8) is 0 Å². The molecule has 5 saturated carbocycles. The van der Waals surface area contributed by atoms with E-state index in [0.717, 1.165) is 83.5 Å². The third kappa shape index (κ3) is 6.81. The van der Waals surface area contributed by atoms with Crippen LogP contribution >= 0.6 is 0 Å². The highest BCUT2D eigenvalue weighted by molar-refractivity contribution is 5.77. The summed E-state index contributed by atoms with van der Waals surface area (Å²) >= 11 is 0. The van der Waals surface area contributed by atoms with E-state index in [1.807, 2.05) is 12.1 Å². The van der Waals surface area contributed by atoms with Crippen molar-refractivity contribution in [1.82, 2.24) is 5.32 Å². The van der Waals surface area contributed by atoms with Crippen LogP contribution in [0, 0.1) is 46.3 Å². The Balaban J connectivity index is 1.07. The molecule has 6 fully saturated rings. The Morgan fingerprint density at radius 2 is 1.84 bits per heavy atom. The lowest BCUT2D eigenvalue weighted by molar-refractivity contribution is -0.0839. The lowest BCUT2D eigenvalue weighted by Crippen LogP contribution is -2.52. The van der Waals surface area contributed by atoms with Gasteiger partial charge in [-0.05, 0) is 156 Å². The third-order valence-corrected chi connectivity index (χ3v) is 15.0. The van der Waals surface area contributed by atoms with Crippen LogP contribution < -0.4 is 11.1 Å². The summed E-state index contributed by atoms with van der Waals surface area (Å²) in [6, 6.07) is 7.66. The van der Waals surface area contributed by atoms with Crippen LogP contribution in [0.4, 0.5) is 0 Å². The minimum absolute atomic E-state index is 0.0764. The zero-order valence-electron chi connectivity index (χ0n) is 30.2. The van der Waals surface area contributed by atoms with Gasteiger partial charge in [0.05, 0.1) is 23.4 Å².